The normalized spacial score (nSPS) is 18.4. The summed E-state index contributed by atoms with van der Waals surface area (Å²) in [5.74, 6) is 0.642. The van der Waals surface area contributed by atoms with Crippen LogP contribution in [0.3, 0.4) is 0 Å². The van der Waals surface area contributed by atoms with Gasteiger partial charge in [-0.15, -0.1) is 0 Å². The van der Waals surface area contributed by atoms with Gasteiger partial charge < -0.3 is 14.5 Å². The highest BCUT2D eigenvalue weighted by Crippen LogP contribution is 2.19. The Labute approximate surface area is 117 Å². The first kappa shape index (κ1) is 13.0. The van der Waals surface area contributed by atoms with Crippen LogP contribution in [0.4, 0.5) is 0 Å². The molecule has 7 heteroatoms. The van der Waals surface area contributed by atoms with Crippen molar-refractivity contribution in [1.82, 2.24) is 19.6 Å². The second-order valence-corrected chi connectivity index (χ2v) is 5.09. The molecule has 2 aliphatic rings. The van der Waals surface area contributed by atoms with Crippen molar-refractivity contribution < 1.29 is 14.3 Å². The van der Waals surface area contributed by atoms with Crippen LogP contribution in [0.25, 0.3) is 0 Å². The largest absolute Gasteiger partial charge is 0.478 e. The summed E-state index contributed by atoms with van der Waals surface area (Å²) in [7, 11) is 0. The number of ether oxygens (including phenoxy) is 1. The minimum atomic E-state index is -0.0845. The Hall–Kier alpha value is -2.05. The molecular weight excluding hydrogens is 260 g/mol. The number of fused-ring (bicyclic) bond motifs is 1. The number of piperazine rings is 1. The summed E-state index contributed by atoms with van der Waals surface area (Å²) in [6.07, 6.45) is 0.916. The Morgan fingerprint density at radius 3 is 2.50 bits per heavy atom. The van der Waals surface area contributed by atoms with Crippen LogP contribution in [-0.4, -0.2) is 64.2 Å². The van der Waals surface area contributed by atoms with E-state index >= 15 is 0 Å². The third kappa shape index (κ3) is 2.35. The first-order valence-electron chi connectivity index (χ1n) is 6.90. The predicted molar refractivity (Wildman–Crippen MR) is 70.5 cm³/mol. The SMILES string of the molecule is CC(=O)N1CCN(C(=O)c2cc3n(n2)CCCO3)CC1. The molecule has 1 aromatic heterocycles. The van der Waals surface area contributed by atoms with E-state index in [0.717, 1.165) is 13.0 Å². The van der Waals surface area contributed by atoms with Crippen LogP contribution in [0.1, 0.15) is 23.8 Å². The molecule has 7 nitrogen and oxygen atoms in total. The maximum absolute atomic E-state index is 12.4. The number of amides is 2. The number of rotatable bonds is 1. The molecule has 0 N–H and O–H groups in total. The van der Waals surface area contributed by atoms with Crippen LogP contribution in [0.5, 0.6) is 5.88 Å². The van der Waals surface area contributed by atoms with Crippen molar-refractivity contribution in [2.75, 3.05) is 32.8 Å². The lowest BCUT2D eigenvalue weighted by molar-refractivity contribution is -0.130. The number of hydrogen-bond acceptors (Lipinski definition) is 4. The summed E-state index contributed by atoms with van der Waals surface area (Å²) in [5.41, 5.74) is 0.429. The van der Waals surface area contributed by atoms with Crippen LogP contribution in [0.15, 0.2) is 6.07 Å². The number of carbonyl (C=O) groups excluding carboxylic acids is 2. The van der Waals surface area contributed by atoms with E-state index in [1.54, 1.807) is 27.5 Å². The number of aromatic nitrogens is 2. The first-order chi connectivity index (χ1) is 9.65. The Balaban J connectivity index is 1.67. The number of nitrogens with zero attached hydrogens (tertiary/aromatic N) is 4. The van der Waals surface area contributed by atoms with Crippen molar-refractivity contribution in [2.45, 2.75) is 19.9 Å². The van der Waals surface area contributed by atoms with Crippen molar-refractivity contribution in [2.24, 2.45) is 0 Å². The zero-order valence-electron chi connectivity index (χ0n) is 11.5. The Morgan fingerprint density at radius 2 is 1.85 bits per heavy atom. The molecule has 0 unspecified atom stereocenters. The van der Waals surface area contributed by atoms with E-state index in [4.69, 9.17) is 4.74 Å². The molecule has 3 heterocycles. The van der Waals surface area contributed by atoms with Crippen LogP contribution in [0.2, 0.25) is 0 Å². The quantitative estimate of drug-likeness (QED) is 0.723. The summed E-state index contributed by atoms with van der Waals surface area (Å²) in [6.45, 7) is 5.31. The van der Waals surface area contributed by atoms with Crippen molar-refractivity contribution in [3.8, 4) is 5.88 Å². The van der Waals surface area contributed by atoms with Gasteiger partial charge in [0.2, 0.25) is 11.8 Å². The summed E-state index contributed by atoms with van der Waals surface area (Å²) < 4.78 is 7.21. The maximum Gasteiger partial charge on any atom is 0.274 e. The zero-order valence-corrected chi connectivity index (χ0v) is 11.5. The molecule has 0 aliphatic carbocycles. The Morgan fingerprint density at radius 1 is 1.15 bits per heavy atom. The van der Waals surface area contributed by atoms with Gasteiger partial charge in [0.15, 0.2) is 5.69 Å². The van der Waals surface area contributed by atoms with Crippen molar-refractivity contribution in [3.05, 3.63) is 11.8 Å². The summed E-state index contributed by atoms with van der Waals surface area (Å²) in [4.78, 5) is 27.2. The summed E-state index contributed by atoms with van der Waals surface area (Å²) >= 11 is 0. The zero-order chi connectivity index (χ0) is 14.1. The molecular formula is C13H18N4O3. The second-order valence-electron chi connectivity index (χ2n) is 5.09. The highest BCUT2D eigenvalue weighted by molar-refractivity contribution is 5.92. The van der Waals surface area contributed by atoms with Crippen LogP contribution in [0, 0.1) is 0 Å². The molecule has 108 valence electrons. The fraction of sp³-hybridized carbons (Fsp3) is 0.615. The molecule has 0 saturated carbocycles. The number of carbonyl (C=O) groups is 2. The van der Waals surface area contributed by atoms with Gasteiger partial charge in [0.1, 0.15) is 0 Å². The van der Waals surface area contributed by atoms with Gasteiger partial charge in [-0.25, -0.2) is 4.68 Å². The van der Waals surface area contributed by atoms with Gasteiger partial charge in [-0.3, -0.25) is 9.59 Å². The van der Waals surface area contributed by atoms with E-state index < -0.39 is 0 Å². The van der Waals surface area contributed by atoms with Crippen LogP contribution >= 0.6 is 0 Å². The monoisotopic (exact) mass is 278 g/mol. The first-order valence-corrected chi connectivity index (χ1v) is 6.90. The van der Waals surface area contributed by atoms with Gasteiger partial charge in [-0.2, -0.15) is 5.10 Å². The van der Waals surface area contributed by atoms with Crippen LogP contribution < -0.4 is 4.74 Å². The van der Waals surface area contributed by atoms with Crippen molar-refractivity contribution >= 4 is 11.8 Å². The van der Waals surface area contributed by atoms with E-state index in [9.17, 15) is 9.59 Å². The highest BCUT2D eigenvalue weighted by Gasteiger charge is 2.26. The third-order valence-corrected chi connectivity index (χ3v) is 3.74. The minimum Gasteiger partial charge on any atom is -0.478 e. The Kier molecular flexibility index (Phi) is 3.33. The molecule has 0 aromatic carbocycles. The number of aryl methyl sites for hydroxylation is 1. The van der Waals surface area contributed by atoms with E-state index in [1.165, 1.54) is 0 Å². The van der Waals surface area contributed by atoms with Gasteiger partial charge in [0, 0.05) is 52.1 Å². The van der Waals surface area contributed by atoms with E-state index in [0.29, 0.717) is 44.4 Å². The van der Waals surface area contributed by atoms with Crippen molar-refractivity contribution in [1.29, 1.82) is 0 Å². The molecule has 0 spiro atoms. The lowest BCUT2D eigenvalue weighted by Crippen LogP contribution is -2.50. The molecule has 2 amide bonds. The van der Waals surface area contributed by atoms with E-state index in [-0.39, 0.29) is 11.8 Å². The summed E-state index contributed by atoms with van der Waals surface area (Å²) in [5, 5.41) is 4.30. The maximum atomic E-state index is 12.4. The highest BCUT2D eigenvalue weighted by atomic mass is 16.5. The van der Waals surface area contributed by atoms with Gasteiger partial charge in [0.25, 0.3) is 5.91 Å². The molecule has 0 atom stereocenters. The van der Waals surface area contributed by atoms with Gasteiger partial charge >= 0.3 is 0 Å². The smallest absolute Gasteiger partial charge is 0.274 e. The molecule has 1 fully saturated rings. The topological polar surface area (TPSA) is 67.7 Å². The molecule has 0 bridgehead atoms. The molecule has 3 rings (SSSR count). The van der Waals surface area contributed by atoms with Gasteiger partial charge in [0.05, 0.1) is 6.61 Å². The summed E-state index contributed by atoms with van der Waals surface area (Å²) in [6, 6.07) is 1.71. The fourth-order valence-corrected chi connectivity index (χ4v) is 2.56. The molecule has 20 heavy (non-hydrogen) atoms. The van der Waals surface area contributed by atoms with E-state index in [2.05, 4.69) is 5.10 Å². The minimum absolute atomic E-state index is 0.0583. The Bertz CT molecular complexity index is 508. The molecule has 2 aliphatic heterocycles. The number of hydrogen-bond donors (Lipinski definition) is 0. The van der Waals surface area contributed by atoms with Gasteiger partial charge in [-0.05, 0) is 0 Å². The van der Waals surface area contributed by atoms with Crippen molar-refractivity contribution in [3.63, 3.8) is 0 Å². The van der Waals surface area contributed by atoms with E-state index in [1.807, 2.05) is 0 Å². The molecule has 1 aromatic rings. The second kappa shape index (κ2) is 5.15. The third-order valence-electron chi connectivity index (χ3n) is 3.74. The standard InChI is InChI=1S/C13H18N4O3/c1-10(18)15-4-6-16(7-5-15)13(19)11-9-12-17(14-11)3-2-8-20-12/h9H,2-8H2,1H3. The van der Waals surface area contributed by atoms with Crippen LogP contribution in [-0.2, 0) is 11.3 Å². The molecule has 0 radical (unpaired) electrons. The van der Waals surface area contributed by atoms with Gasteiger partial charge in [-0.1, -0.05) is 0 Å². The predicted octanol–water partition coefficient (Wildman–Crippen LogP) is -0.0301. The fourth-order valence-electron chi connectivity index (χ4n) is 2.56. The lowest BCUT2D eigenvalue weighted by atomic mass is 10.2. The lowest BCUT2D eigenvalue weighted by Gasteiger charge is -2.33. The molecule has 1 saturated heterocycles. The average Bonchev–Trinajstić information content (AvgIpc) is 2.90. The average molecular weight is 278 g/mol.